The number of hydrogen-bond acceptors (Lipinski definition) is 3. The lowest BCUT2D eigenvalue weighted by molar-refractivity contribution is -0.136. The van der Waals surface area contributed by atoms with Crippen molar-refractivity contribution in [2.45, 2.75) is 19.4 Å². The van der Waals surface area contributed by atoms with E-state index in [1.54, 1.807) is 0 Å². The van der Waals surface area contributed by atoms with Gasteiger partial charge in [-0.3, -0.25) is 4.79 Å². The highest BCUT2D eigenvalue weighted by Crippen LogP contribution is 2.20. The van der Waals surface area contributed by atoms with Gasteiger partial charge in [-0.2, -0.15) is 11.8 Å². The zero-order chi connectivity index (χ0) is 9.97. The number of carbonyl (C=O) groups excluding carboxylic acids is 1. The van der Waals surface area contributed by atoms with E-state index >= 15 is 0 Å². The molecule has 1 N–H and O–H groups in total. The molecule has 3 nitrogen and oxygen atoms in total. The van der Waals surface area contributed by atoms with Crippen molar-refractivity contribution in [3.05, 3.63) is 0 Å². The normalized spacial score (nSPS) is 33.4. The van der Waals surface area contributed by atoms with Crippen LogP contribution in [0.1, 0.15) is 13.3 Å². The van der Waals surface area contributed by atoms with Crippen molar-refractivity contribution in [1.82, 2.24) is 10.2 Å². The lowest BCUT2D eigenvalue weighted by Gasteiger charge is -2.34. The molecule has 80 valence electrons. The monoisotopic (exact) mass is 214 g/mol. The third kappa shape index (κ3) is 2.06. The summed E-state index contributed by atoms with van der Waals surface area (Å²) in [7, 11) is 0. The van der Waals surface area contributed by atoms with Crippen LogP contribution in [0.3, 0.4) is 0 Å². The van der Waals surface area contributed by atoms with Gasteiger partial charge in [0, 0.05) is 30.6 Å². The summed E-state index contributed by atoms with van der Waals surface area (Å²) in [6.07, 6.45) is 1.02. The van der Waals surface area contributed by atoms with E-state index < -0.39 is 0 Å². The predicted octanol–water partition coefficient (Wildman–Crippen LogP) is 0.560. The molecule has 2 atom stereocenters. The second-order valence-electron chi connectivity index (χ2n) is 4.15. The molecule has 2 saturated heterocycles. The van der Waals surface area contributed by atoms with Crippen molar-refractivity contribution in [3.8, 4) is 0 Å². The number of rotatable bonds is 1. The Kier molecular flexibility index (Phi) is 3.34. The molecule has 2 rings (SSSR count). The van der Waals surface area contributed by atoms with Crippen molar-refractivity contribution in [2.24, 2.45) is 5.92 Å². The van der Waals surface area contributed by atoms with Gasteiger partial charge in [0.1, 0.15) is 0 Å². The van der Waals surface area contributed by atoms with E-state index in [0.717, 1.165) is 37.6 Å². The van der Waals surface area contributed by atoms with E-state index in [1.807, 2.05) is 11.8 Å². The summed E-state index contributed by atoms with van der Waals surface area (Å²) < 4.78 is 0. The molecule has 0 saturated carbocycles. The van der Waals surface area contributed by atoms with E-state index in [9.17, 15) is 4.79 Å². The largest absolute Gasteiger partial charge is 0.338 e. The smallest absolute Gasteiger partial charge is 0.227 e. The van der Waals surface area contributed by atoms with Gasteiger partial charge in [-0.05, 0) is 19.9 Å². The Labute approximate surface area is 89.6 Å². The lowest BCUT2D eigenvalue weighted by Crippen LogP contribution is -2.47. The maximum atomic E-state index is 12.1. The van der Waals surface area contributed by atoms with E-state index in [1.165, 1.54) is 0 Å². The Bertz CT molecular complexity index is 216. The molecule has 0 bridgehead atoms. The van der Waals surface area contributed by atoms with Gasteiger partial charge in [0.25, 0.3) is 0 Å². The highest BCUT2D eigenvalue weighted by atomic mass is 32.2. The molecule has 4 heteroatoms. The topological polar surface area (TPSA) is 32.3 Å². The number of carbonyl (C=O) groups is 1. The van der Waals surface area contributed by atoms with Crippen LogP contribution in [-0.4, -0.2) is 48.0 Å². The van der Waals surface area contributed by atoms with Crippen molar-refractivity contribution in [2.75, 3.05) is 31.1 Å². The van der Waals surface area contributed by atoms with Gasteiger partial charge in [0.05, 0.1) is 5.92 Å². The molecule has 0 radical (unpaired) electrons. The molecule has 2 unspecified atom stereocenters. The predicted molar refractivity (Wildman–Crippen MR) is 59.5 cm³/mol. The zero-order valence-corrected chi connectivity index (χ0v) is 9.48. The third-order valence-corrected chi connectivity index (χ3v) is 4.25. The molecule has 2 aliphatic rings. The van der Waals surface area contributed by atoms with Gasteiger partial charge in [-0.25, -0.2) is 0 Å². The van der Waals surface area contributed by atoms with Gasteiger partial charge in [0.2, 0.25) is 5.91 Å². The second-order valence-corrected chi connectivity index (χ2v) is 5.30. The van der Waals surface area contributed by atoms with Gasteiger partial charge in [0.15, 0.2) is 0 Å². The van der Waals surface area contributed by atoms with Gasteiger partial charge in [-0.1, -0.05) is 0 Å². The van der Waals surface area contributed by atoms with Gasteiger partial charge < -0.3 is 10.2 Å². The Hall–Kier alpha value is -0.220. The second kappa shape index (κ2) is 4.53. The van der Waals surface area contributed by atoms with Crippen LogP contribution in [-0.2, 0) is 4.79 Å². The van der Waals surface area contributed by atoms with E-state index in [4.69, 9.17) is 0 Å². The van der Waals surface area contributed by atoms with Crippen LogP contribution in [0.15, 0.2) is 0 Å². The third-order valence-electron chi connectivity index (χ3n) is 3.06. The average Bonchev–Trinajstić information content (AvgIpc) is 2.70. The van der Waals surface area contributed by atoms with Crippen molar-refractivity contribution in [3.63, 3.8) is 0 Å². The molecule has 0 spiro atoms. The molecule has 1 amide bonds. The quantitative estimate of drug-likeness (QED) is 0.692. The highest BCUT2D eigenvalue weighted by molar-refractivity contribution is 7.99. The highest BCUT2D eigenvalue weighted by Gasteiger charge is 2.30. The van der Waals surface area contributed by atoms with Crippen LogP contribution in [0.2, 0.25) is 0 Å². The minimum Gasteiger partial charge on any atom is -0.338 e. The van der Waals surface area contributed by atoms with E-state index in [2.05, 4.69) is 17.1 Å². The van der Waals surface area contributed by atoms with E-state index in [0.29, 0.717) is 11.9 Å². The molecule has 0 aromatic heterocycles. The first-order valence-corrected chi connectivity index (χ1v) is 6.53. The van der Waals surface area contributed by atoms with Crippen molar-refractivity contribution < 1.29 is 4.79 Å². The van der Waals surface area contributed by atoms with Crippen molar-refractivity contribution >= 4 is 17.7 Å². The minimum atomic E-state index is 0.251. The Balaban J connectivity index is 1.94. The van der Waals surface area contributed by atoms with Gasteiger partial charge in [-0.15, -0.1) is 0 Å². The number of nitrogens with zero attached hydrogens (tertiary/aromatic N) is 1. The molecule has 2 heterocycles. The summed E-state index contributed by atoms with van der Waals surface area (Å²) in [5, 5.41) is 3.25. The molecule has 0 aromatic carbocycles. The SMILES string of the molecule is CC1CSCCN1C(=O)C1CCNC1. The first kappa shape index (κ1) is 10.3. The summed E-state index contributed by atoms with van der Waals surface area (Å²) in [5.41, 5.74) is 0. The summed E-state index contributed by atoms with van der Waals surface area (Å²) in [6.45, 7) is 5.00. The zero-order valence-electron chi connectivity index (χ0n) is 8.66. The molecular formula is C10H18N2OS. The number of nitrogens with one attached hydrogen (secondary N) is 1. The van der Waals surface area contributed by atoms with Crippen molar-refractivity contribution in [1.29, 1.82) is 0 Å². The number of amides is 1. The van der Waals surface area contributed by atoms with Crippen LogP contribution < -0.4 is 5.32 Å². The summed E-state index contributed by atoms with van der Waals surface area (Å²) in [5.74, 6) is 2.84. The average molecular weight is 214 g/mol. The van der Waals surface area contributed by atoms with Crippen LogP contribution in [0.5, 0.6) is 0 Å². The maximum absolute atomic E-state index is 12.1. The molecule has 2 aliphatic heterocycles. The Morgan fingerprint density at radius 1 is 1.57 bits per heavy atom. The fourth-order valence-electron chi connectivity index (χ4n) is 2.15. The molecule has 0 aromatic rings. The molecule has 0 aliphatic carbocycles. The minimum absolute atomic E-state index is 0.251. The standard InChI is InChI=1S/C10H18N2OS/c1-8-7-14-5-4-12(8)10(13)9-2-3-11-6-9/h8-9,11H,2-7H2,1H3. The molecule has 2 fully saturated rings. The Morgan fingerprint density at radius 2 is 2.43 bits per heavy atom. The first-order valence-electron chi connectivity index (χ1n) is 5.38. The van der Waals surface area contributed by atoms with Crippen LogP contribution in [0, 0.1) is 5.92 Å². The first-order chi connectivity index (χ1) is 6.79. The number of hydrogen-bond donors (Lipinski definition) is 1. The fourth-order valence-corrected chi connectivity index (χ4v) is 3.17. The van der Waals surface area contributed by atoms with Gasteiger partial charge >= 0.3 is 0 Å². The van der Waals surface area contributed by atoms with E-state index in [-0.39, 0.29) is 5.92 Å². The molecule has 14 heavy (non-hydrogen) atoms. The maximum Gasteiger partial charge on any atom is 0.227 e. The summed E-state index contributed by atoms with van der Waals surface area (Å²) >= 11 is 1.96. The molecular weight excluding hydrogens is 196 g/mol. The van der Waals surface area contributed by atoms with Crippen LogP contribution in [0.25, 0.3) is 0 Å². The summed E-state index contributed by atoms with van der Waals surface area (Å²) in [4.78, 5) is 14.2. The van der Waals surface area contributed by atoms with Crippen LogP contribution >= 0.6 is 11.8 Å². The Morgan fingerprint density at radius 3 is 3.07 bits per heavy atom. The number of thioether (sulfide) groups is 1. The summed E-state index contributed by atoms with van der Waals surface area (Å²) in [6, 6.07) is 0.432. The lowest BCUT2D eigenvalue weighted by atomic mass is 10.1. The van der Waals surface area contributed by atoms with Crippen LogP contribution in [0.4, 0.5) is 0 Å². The fraction of sp³-hybridized carbons (Fsp3) is 0.900.